The van der Waals surface area contributed by atoms with Gasteiger partial charge in [0.05, 0.1) is 0 Å². The zero-order valence-corrected chi connectivity index (χ0v) is 9.42. The lowest BCUT2D eigenvalue weighted by molar-refractivity contribution is 0.276. The summed E-state index contributed by atoms with van der Waals surface area (Å²) in [7, 11) is 2.16. The van der Waals surface area contributed by atoms with Gasteiger partial charge in [-0.1, -0.05) is 0 Å². The van der Waals surface area contributed by atoms with E-state index in [1.807, 2.05) is 6.07 Å². The maximum atomic E-state index is 5.62. The van der Waals surface area contributed by atoms with E-state index in [1.165, 1.54) is 16.5 Å². The zero-order chi connectivity index (χ0) is 10.1. The molecule has 78 valence electrons. The Morgan fingerprint density at radius 3 is 2.93 bits per heavy atom. The van der Waals surface area contributed by atoms with E-state index >= 15 is 0 Å². The van der Waals surface area contributed by atoms with Crippen LogP contribution in [0.1, 0.15) is 6.92 Å². The highest BCUT2D eigenvalue weighted by molar-refractivity contribution is 7.10. The Balaban J connectivity index is 2.11. The van der Waals surface area contributed by atoms with Crippen LogP contribution in [0, 0.1) is 0 Å². The molecule has 0 amide bonds. The van der Waals surface area contributed by atoms with E-state index < -0.39 is 0 Å². The van der Waals surface area contributed by atoms with E-state index in [-0.39, 0.29) is 0 Å². The fraction of sp³-hybridized carbons (Fsp3) is 0.667. The van der Waals surface area contributed by atoms with E-state index in [0.717, 1.165) is 19.6 Å². The first-order valence-electron chi connectivity index (χ1n) is 4.84. The SMILES string of the molecule is CC1CN(C)CCN1c1cc(N)ns1. The summed E-state index contributed by atoms with van der Waals surface area (Å²) in [6.45, 7) is 5.53. The van der Waals surface area contributed by atoms with E-state index in [0.29, 0.717) is 11.9 Å². The van der Waals surface area contributed by atoms with Gasteiger partial charge in [0.25, 0.3) is 0 Å². The summed E-state index contributed by atoms with van der Waals surface area (Å²) in [4.78, 5) is 4.74. The lowest BCUT2D eigenvalue weighted by Crippen LogP contribution is -2.50. The molecule has 1 aliphatic rings. The molecular formula is C9H16N4S. The fourth-order valence-electron chi connectivity index (χ4n) is 1.88. The van der Waals surface area contributed by atoms with Gasteiger partial charge >= 0.3 is 0 Å². The van der Waals surface area contributed by atoms with Gasteiger partial charge in [0.1, 0.15) is 10.8 Å². The van der Waals surface area contributed by atoms with Crippen molar-refractivity contribution in [3.05, 3.63) is 6.07 Å². The third-order valence-corrected chi connectivity index (χ3v) is 3.47. The van der Waals surface area contributed by atoms with Crippen molar-refractivity contribution in [3.63, 3.8) is 0 Å². The molecule has 1 fully saturated rings. The van der Waals surface area contributed by atoms with Crippen LogP contribution in [-0.2, 0) is 0 Å². The normalized spacial score (nSPS) is 24.1. The lowest BCUT2D eigenvalue weighted by atomic mass is 10.2. The number of piperazine rings is 1. The smallest absolute Gasteiger partial charge is 0.139 e. The molecule has 4 nitrogen and oxygen atoms in total. The highest BCUT2D eigenvalue weighted by atomic mass is 32.1. The maximum Gasteiger partial charge on any atom is 0.139 e. The Morgan fingerprint density at radius 1 is 1.57 bits per heavy atom. The van der Waals surface area contributed by atoms with Crippen molar-refractivity contribution >= 4 is 22.4 Å². The zero-order valence-electron chi connectivity index (χ0n) is 8.60. The Bertz CT molecular complexity index is 312. The molecule has 0 radical (unpaired) electrons. The maximum absolute atomic E-state index is 5.62. The minimum atomic E-state index is 0.550. The first-order chi connectivity index (χ1) is 6.66. The molecule has 5 heteroatoms. The summed E-state index contributed by atoms with van der Waals surface area (Å²) in [5.41, 5.74) is 5.62. The summed E-state index contributed by atoms with van der Waals surface area (Å²) in [6.07, 6.45) is 0. The minimum absolute atomic E-state index is 0.550. The molecule has 2 N–H and O–H groups in total. The molecule has 0 aromatic carbocycles. The van der Waals surface area contributed by atoms with Crippen LogP contribution in [-0.4, -0.2) is 42.0 Å². The van der Waals surface area contributed by atoms with Crippen LogP contribution in [0.2, 0.25) is 0 Å². The summed E-state index contributed by atoms with van der Waals surface area (Å²) in [5.74, 6) is 0.635. The van der Waals surface area contributed by atoms with Crippen LogP contribution in [0.25, 0.3) is 0 Å². The molecule has 1 unspecified atom stereocenters. The van der Waals surface area contributed by atoms with Crippen LogP contribution in [0.4, 0.5) is 10.8 Å². The number of nitrogens with zero attached hydrogens (tertiary/aromatic N) is 3. The van der Waals surface area contributed by atoms with E-state index in [9.17, 15) is 0 Å². The number of rotatable bonds is 1. The average molecular weight is 212 g/mol. The second kappa shape index (κ2) is 3.74. The van der Waals surface area contributed by atoms with Crippen molar-refractivity contribution in [3.8, 4) is 0 Å². The Morgan fingerprint density at radius 2 is 2.36 bits per heavy atom. The Kier molecular flexibility index (Phi) is 2.60. The number of hydrogen-bond donors (Lipinski definition) is 1. The van der Waals surface area contributed by atoms with Gasteiger partial charge in [0, 0.05) is 31.7 Å². The third kappa shape index (κ3) is 1.83. The molecular weight excluding hydrogens is 196 g/mol. The van der Waals surface area contributed by atoms with E-state index in [1.54, 1.807) is 0 Å². The van der Waals surface area contributed by atoms with Crippen LogP contribution >= 0.6 is 11.5 Å². The van der Waals surface area contributed by atoms with Gasteiger partial charge in [0.2, 0.25) is 0 Å². The molecule has 2 rings (SSSR count). The number of likely N-dealkylation sites (N-methyl/N-ethyl adjacent to an activating group) is 1. The number of hydrogen-bond acceptors (Lipinski definition) is 5. The van der Waals surface area contributed by atoms with Crippen molar-refractivity contribution in [2.24, 2.45) is 0 Å². The third-order valence-electron chi connectivity index (χ3n) is 2.63. The van der Waals surface area contributed by atoms with Crippen molar-refractivity contribution in [2.45, 2.75) is 13.0 Å². The first-order valence-corrected chi connectivity index (χ1v) is 5.61. The monoisotopic (exact) mass is 212 g/mol. The molecule has 1 atom stereocenters. The average Bonchev–Trinajstić information content (AvgIpc) is 2.51. The molecule has 0 saturated carbocycles. The van der Waals surface area contributed by atoms with Crippen LogP contribution in [0.5, 0.6) is 0 Å². The molecule has 0 aliphatic carbocycles. The number of aromatic nitrogens is 1. The topological polar surface area (TPSA) is 45.4 Å². The van der Waals surface area contributed by atoms with Gasteiger partial charge in [-0.15, -0.1) is 0 Å². The second-order valence-corrected chi connectivity index (χ2v) is 4.68. The summed E-state index contributed by atoms with van der Waals surface area (Å²) >= 11 is 1.49. The van der Waals surface area contributed by atoms with E-state index in [4.69, 9.17) is 5.73 Å². The second-order valence-electron chi connectivity index (χ2n) is 3.89. The van der Waals surface area contributed by atoms with Crippen LogP contribution in [0.15, 0.2) is 6.07 Å². The van der Waals surface area contributed by atoms with Crippen LogP contribution in [0.3, 0.4) is 0 Å². The molecule has 1 aliphatic heterocycles. The predicted octanol–water partition coefficient (Wildman–Crippen LogP) is 0.866. The molecule has 1 aromatic rings. The number of anilines is 2. The number of nitrogen functional groups attached to an aromatic ring is 1. The number of nitrogens with two attached hydrogens (primary N) is 1. The van der Waals surface area contributed by atoms with Crippen molar-refractivity contribution in [2.75, 3.05) is 37.3 Å². The molecule has 0 spiro atoms. The van der Waals surface area contributed by atoms with Gasteiger partial charge < -0.3 is 15.5 Å². The first kappa shape index (κ1) is 9.73. The van der Waals surface area contributed by atoms with Gasteiger partial charge in [0.15, 0.2) is 0 Å². The highest BCUT2D eigenvalue weighted by Gasteiger charge is 2.22. The van der Waals surface area contributed by atoms with Crippen molar-refractivity contribution < 1.29 is 0 Å². The van der Waals surface area contributed by atoms with E-state index in [2.05, 4.69) is 28.1 Å². The van der Waals surface area contributed by atoms with Gasteiger partial charge in [-0.25, -0.2) is 0 Å². The van der Waals surface area contributed by atoms with Gasteiger partial charge in [-0.3, -0.25) is 0 Å². The Hall–Kier alpha value is -0.810. The highest BCUT2D eigenvalue weighted by Crippen LogP contribution is 2.26. The van der Waals surface area contributed by atoms with Gasteiger partial charge in [-0.2, -0.15) is 4.37 Å². The summed E-state index contributed by atoms with van der Waals surface area (Å²) in [5, 5.41) is 1.20. The van der Waals surface area contributed by atoms with Gasteiger partial charge in [-0.05, 0) is 25.5 Å². The van der Waals surface area contributed by atoms with Crippen molar-refractivity contribution in [1.82, 2.24) is 9.27 Å². The largest absolute Gasteiger partial charge is 0.383 e. The quantitative estimate of drug-likeness (QED) is 0.750. The molecule has 1 aromatic heterocycles. The molecule has 14 heavy (non-hydrogen) atoms. The predicted molar refractivity (Wildman–Crippen MR) is 60.8 cm³/mol. The van der Waals surface area contributed by atoms with Crippen molar-refractivity contribution in [1.29, 1.82) is 0 Å². The minimum Gasteiger partial charge on any atom is -0.383 e. The molecule has 2 heterocycles. The molecule has 1 saturated heterocycles. The molecule has 0 bridgehead atoms. The Labute approximate surface area is 88.5 Å². The summed E-state index contributed by atoms with van der Waals surface area (Å²) < 4.78 is 4.11. The fourth-order valence-corrected chi connectivity index (χ4v) is 2.68. The van der Waals surface area contributed by atoms with Crippen LogP contribution < -0.4 is 10.6 Å². The standard InChI is InChI=1S/C9H16N4S/c1-7-6-12(2)3-4-13(7)9-5-8(10)11-14-9/h5,7H,3-4,6H2,1-2H3,(H2,10,11). The lowest BCUT2D eigenvalue weighted by Gasteiger charge is -2.38. The summed E-state index contributed by atoms with van der Waals surface area (Å²) in [6, 6.07) is 2.51.